The molecule has 4 nitrogen and oxygen atoms in total. The Morgan fingerprint density at radius 3 is 2.09 bits per heavy atom. The van der Waals surface area contributed by atoms with Gasteiger partial charge in [-0.05, 0) is 50.4 Å². The Morgan fingerprint density at radius 1 is 1.00 bits per heavy atom. The molecule has 5 fully saturated rings. The van der Waals surface area contributed by atoms with Crippen molar-refractivity contribution in [3.63, 3.8) is 0 Å². The van der Waals surface area contributed by atoms with Gasteiger partial charge in [0.2, 0.25) is 17.7 Å². The summed E-state index contributed by atoms with van der Waals surface area (Å²) >= 11 is 0. The molecule has 0 spiro atoms. The zero-order chi connectivity index (χ0) is 15.8. The summed E-state index contributed by atoms with van der Waals surface area (Å²) in [6, 6.07) is 0. The van der Waals surface area contributed by atoms with Crippen LogP contribution in [-0.4, -0.2) is 23.3 Å². The minimum absolute atomic E-state index is 0.254. The zero-order valence-corrected chi connectivity index (χ0v) is 12.5. The average molecular weight is 312 g/mol. The Hall–Kier alpha value is -1.20. The summed E-state index contributed by atoms with van der Waals surface area (Å²) in [5, 5.41) is 3.06. The number of carbonyl (C=O) groups excluding carboxylic acids is 2. The minimum atomic E-state index is -2.68. The highest BCUT2D eigenvalue weighted by Gasteiger charge is 2.61. The molecule has 3 N–H and O–H groups in total. The summed E-state index contributed by atoms with van der Waals surface area (Å²) in [7, 11) is 0. The van der Waals surface area contributed by atoms with Crippen molar-refractivity contribution in [2.45, 2.75) is 62.8 Å². The highest BCUT2D eigenvalue weighted by atomic mass is 19.3. The van der Waals surface area contributed by atoms with Crippen LogP contribution in [0.25, 0.3) is 0 Å². The van der Waals surface area contributed by atoms with Gasteiger partial charge in [-0.25, -0.2) is 8.78 Å². The topological polar surface area (TPSA) is 72.2 Å². The summed E-state index contributed by atoms with van der Waals surface area (Å²) in [4.78, 5) is 24.3. The number of hydrogen-bond donors (Lipinski definition) is 2. The van der Waals surface area contributed by atoms with Crippen LogP contribution in [0.4, 0.5) is 8.78 Å². The fraction of sp³-hybridized carbons (Fsp3) is 0.875. The summed E-state index contributed by atoms with van der Waals surface area (Å²) in [5.41, 5.74) is 4.79. The predicted molar refractivity (Wildman–Crippen MR) is 74.9 cm³/mol. The number of carbonyl (C=O) groups is 2. The van der Waals surface area contributed by atoms with Crippen LogP contribution in [0.15, 0.2) is 0 Å². The molecule has 4 bridgehead atoms. The van der Waals surface area contributed by atoms with E-state index in [-0.39, 0.29) is 30.2 Å². The maximum atomic E-state index is 13.0. The normalized spacial score (nSPS) is 45.4. The molecule has 2 unspecified atom stereocenters. The Labute approximate surface area is 128 Å². The molecule has 5 rings (SSSR count). The number of nitrogens with one attached hydrogen (secondary N) is 1. The molecule has 22 heavy (non-hydrogen) atoms. The van der Waals surface area contributed by atoms with E-state index in [1.807, 2.05) is 0 Å². The first-order chi connectivity index (χ1) is 10.2. The van der Waals surface area contributed by atoms with Crippen LogP contribution < -0.4 is 11.1 Å². The molecule has 0 aromatic rings. The van der Waals surface area contributed by atoms with Crippen molar-refractivity contribution in [1.82, 2.24) is 5.32 Å². The Kier molecular flexibility index (Phi) is 2.75. The first-order valence-electron chi connectivity index (χ1n) is 8.21. The van der Waals surface area contributed by atoms with Gasteiger partial charge in [0.25, 0.3) is 0 Å². The van der Waals surface area contributed by atoms with E-state index < -0.39 is 17.3 Å². The van der Waals surface area contributed by atoms with Gasteiger partial charge in [-0.15, -0.1) is 0 Å². The second-order valence-corrected chi connectivity index (χ2v) is 8.34. The summed E-state index contributed by atoms with van der Waals surface area (Å²) in [6.07, 6.45) is 4.41. The highest BCUT2D eigenvalue weighted by Crippen LogP contribution is 2.61. The third-order valence-electron chi connectivity index (χ3n) is 6.43. The zero-order valence-electron chi connectivity index (χ0n) is 12.5. The summed E-state index contributed by atoms with van der Waals surface area (Å²) < 4.78 is 25.9. The standard InChI is InChI=1S/C16H22F2N2O2/c17-16(18)6-11(7-16)12(21)20-15-4-9-1-10(5-15)3-14(2-9,8-15)13(19)22/h9-11H,1-8H2,(H2,19,22)(H,20,21). The Balaban J connectivity index is 1.52. The second kappa shape index (κ2) is 4.20. The van der Waals surface area contributed by atoms with E-state index in [2.05, 4.69) is 5.32 Å². The van der Waals surface area contributed by atoms with E-state index in [1.54, 1.807) is 0 Å². The van der Waals surface area contributed by atoms with Gasteiger partial charge in [0.15, 0.2) is 0 Å². The van der Waals surface area contributed by atoms with Crippen LogP contribution in [-0.2, 0) is 9.59 Å². The van der Waals surface area contributed by atoms with E-state index in [0.717, 1.165) is 32.1 Å². The van der Waals surface area contributed by atoms with Gasteiger partial charge in [0.05, 0.1) is 5.41 Å². The van der Waals surface area contributed by atoms with E-state index in [0.29, 0.717) is 18.3 Å². The van der Waals surface area contributed by atoms with E-state index in [4.69, 9.17) is 5.73 Å². The molecular formula is C16H22F2N2O2. The molecular weight excluding hydrogens is 290 g/mol. The second-order valence-electron chi connectivity index (χ2n) is 8.34. The third-order valence-corrected chi connectivity index (χ3v) is 6.43. The molecule has 2 atom stereocenters. The van der Waals surface area contributed by atoms with Crippen LogP contribution in [0.3, 0.4) is 0 Å². The van der Waals surface area contributed by atoms with E-state index in [1.165, 1.54) is 0 Å². The first kappa shape index (κ1) is 14.4. The molecule has 2 amide bonds. The van der Waals surface area contributed by atoms with Crippen LogP contribution >= 0.6 is 0 Å². The summed E-state index contributed by atoms with van der Waals surface area (Å²) in [6.45, 7) is 0. The SMILES string of the molecule is NC(=O)C12CC3CC(CC(NC(=O)C4CC(F)(F)C4)(C3)C1)C2. The van der Waals surface area contributed by atoms with Gasteiger partial charge >= 0.3 is 0 Å². The molecule has 0 aromatic heterocycles. The fourth-order valence-corrected chi connectivity index (χ4v) is 5.91. The van der Waals surface area contributed by atoms with E-state index >= 15 is 0 Å². The molecule has 0 saturated heterocycles. The monoisotopic (exact) mass is 312 g/mol. The molecule has 6 heteroatoms. The van der Waals surface area contributed by atoms with Crippen molar-refractivity contribution in [3.05, 3.63) is 0 Å². The molecule has 0 aliphatic heterocycles. The molecule has 5 aliphatic rings. The van der Waals surface area contributed by atoms with Crippen LogP contribution in [0.5, 0.6) is 0 Å². The predicted octanol–water partition coefficient (Wildman–Crippen LogP) is 1.97. The lowest BCUT2D eigenvalue weighted by Crippen LogP contribution is -2.66. The van der Waals surface area contributed by atoms with Crippen LogP contribution in [0, 0.1) is 23.2 Å². The maximum absolute atomic E-state index is 13.0. The van der Waals surface area contributed by atoms with Gasteiger partial charge in [-0.1, -0.05) is 0 Å². The van der Waals surface area contributed by atoms with Gasteiger partial charge in [-0.2, -0.15) is 0 Å². The van der Waals surface area contributed by atoms with Crippen molar-refractivity contribution in [1.29, 1.82) is 0 Å². The largest absolute Gasteiger partial charge is 0.369 e. The van der Waals surface area contributed by atoms with Gasteiger partial charge in [0, 0.05) is 24.3 Å². The molecule has 5 aliphatic carbocycles. The number of nitrogens with two attached hydrogens (primary N) is 1. The number of primary amides is 1. The van der Waals surface area contributed by atoms with Crippen molar-refractivity contribution >= 4 is 11.8 Å². The molecule has 5 saturated carbocycles. The lowest BCUT2D eigenvalue weighted by molar-refractivity contribution is -0.161. The minimum Gasteiger partial charge on any atom is -0.369 e. The smallest absolute Gasteiger partial charge is 0.249 e. The summed E-state index contributed by atoms with van der Waals surface area (Å²) in [5.74, 6) is -2.91. The third kappa shape index (κ3) is 2.06. The molecule has 122 valence electrons. The van der Waals surface area contributed by atoms with Gasteiger partial charge in [-0.3, -0.25) is 9.59 Å². The van der Waals surface area contributed by atoms with Gasteiger partial charge < -0.3 is 11.1 Å². The lowest BCUT2D eigenvalue weighted by atomic mass is 9.46. The average Bonchev–Trinajstić information content (AvgIpc) is 2.33. The number of halogens is 2. The number of rotatable bonds is 3. The van der Waals surface area contributed by atoms with Crippen LogP contribution in [0.1, 0.15) is 51.4 Å². The molecule has 0 heterocycles. The fourth-order valence-electron chi connectivity index (χ4n) is 5.91. The molecule has 0 radical (unpaired) electrons. The number of alkyl halides is 2. The highest BCUT2D eigenvalue weighted by molar-refractivity contribution is 5.83. The van der Waals surface area contributed by atoms with Crippen molar-refractivity contribution in [2.24, 2.45) is 28.9 Å². The lowest BCUT2D eigenvalue weighted by Gasteiger charge is -2.61. The number of hydrogen-bond acceptors (Lipinski definition) is 2. The maximum Gasteiger partial charge on any atom is 0.249 e. The van der Waals surface area contributed by atoms with Crippen molar-refractivity contribution in [3.8, 4) is 0 Å². The van der Waals surface area contributed by atoms with Crippen molar-refractivity contribution < 1.29 is 18.4 Å². The number of amides is 2. The molecule has 0 aromatic carbocycles. The van der Waals surface area contributed by atoms with Gasteiger partial charge in [0.1, 0.15) is 0 Å². The first-order valence-corrected chi connectivity index (χ1v) is 8.21. The quantitative estimate of drug-likeness (QED) is 0.836. The van der Waals surface area contributed by atoms with E-state index in [9.17, 15) is 18.4 Å². The Bertz CT molecular complexity index is 526. The Morgan fingerprint density at radius 2 is 1.59 bits per heavy atom. The van der Waals surface area contributed by atoms with Crippen LogP contribution in [0.2, 0.25) is 0 Å². The van der Waals surface area contributed by atoms with Crippen molar-refractivity contribution in [2.75, 3.05) is 0 Å².